The highest BCUT2D eigenvalue weighted by molar-refractivity contribution is 6.30. The lowest BCUT2D eigenvalue weighted by Gasteiger charge is -2.17. The van der Waals surface area contributed by atoms with Gasteiger partial charge in [0.1, 0.15) is 0 Å². The fraction of sp³-hybridized carbons (Fsp3) is 0.211. The Morgan fingerprint density at radius 1 is 1.04 bits per heavy atom. The van der Waals surface area contributed by atoms with Crippen molar-refractivity contribution in [2.45, 2.75) is 13.3 Å². The Hall–Kier alpha value is -2.86. The average Bonchev–Trinajstić information content (AvgIpc) is 3.02. The van der Waals surface area contributed by atoms with E-state index in [-0.39, 0.29) is 18.9 Å². The first-order valence-corrected chi connectivity index (χ1v) is 8.54. The number of rotatable bonds is 3. The summed E-state index contributed by atoms with van der Waals surface area (Å²) >= 11 is 5.78. The monoisotopic (exact) mass is 371 g/mol. The maximum absolute atomic E-state index is 12.3. The van der Waals surface area contributed by atoms with E-state index in [0.29, 0.717) is 10.6 Å². The van der Waals surface area contributed by atoms with Crippen LogP contribution in [0.25, 0.3) is 0 Å². The maximum atomic E-state index is 12.3. The molecule has 1 saturated heterocycles. The van der Waals surface area contributed by atoms with Crippen molar-refractivity contribution in [3.8, 4) is 0 Å². The normalized spacial score (nSPS) is 16.5. The molecule has 0 spiro atoms. The second-order valence-corrected chi connectivity index (χ2v) is 6.63. The molecule has 1 atom stereocenters. The van der Waals surface area contributed by atoms with Crippen molar-refractivity contribution in [3.05, 3.63) is 64.7 Å². The fourth-order valence-corrected chi connectivity index (χ4v) is 2.88. The maximum Gasteiger partial charge on any atom is 0.269 e. The number of nitrogens with zero attached hydrogens (tertiary/aromatic N) is 1. The Kier molecular flexibility index (Phi) is 5.23. The molecule has 0 unspecified atom stereocenters. The third kappa shape index (κ3) is 4.03. The van der Waals surface area contributed by atoms with Crippen molar-refractivity contribution in [1.29, 1.82) is 0 Å². The summed E-state index contributed by atoms with van der Waals surface area (Å²) in [4.78, 5) is 38.1. The van der Waals surface area contributed by atoms with Crippen LogP contribution < -0.4 is 15.8 Å². The first-order chi connectivity index (χ1) is 12.4. The predicted octanol–water partition coefficient (Wildman–Crippen LogP) is 2.46. The minimum Gasteiger partial charge on any atom is -0.312 e. The highest BCUT2D eigenvalue weighted by Gasteiger charge is 2.35. The summed E-state index contributed by atoms with van der Waals surface area (Å²) in [7, 11) is 0. The minimum absolute atomic E-state index is 0.108. The lowest BCUT2D eigenvalue weighted by molar-refractivity contribution is -0.126. The number of hydrogen-bond acceptors (Lipinski definition) is 3. The zero-order valence-corrected chi connectivity index (χ0v) is 14.9. The molecule has 0 radical (unpaired) electrons. The van der Waals surface area contributed by atoms with Crippen molar-refractivity contribution >= 4 is 35.0 Å². The molecule has 26 heavy (non-hydrogen) atoms. The van der Waals surface area contributed by atoms with Crippen LogP contribution in [0.2, 0.25) is 5.02 Å². The highest BCUT2D eigenvalue weighted by atomic mass is 35.5. The first kappa shape index (κ1) is 17.9. The Bertz CT molecular complexity index is 834. The third-order valence-corrected chi connectivity index (χ3v) is 4.50. The summed E-state index contributed by atoms with van der Waals surface area (Å²) in [5.74, 6) is -1.47. The van der Waals surface area contributed by atoms with Gasteiger partial charge in [0.05, 0.1) is 5.92 Å². The van der Waals surface area contributed by atoms with Crippen LogP contribution in [0.15, 0.2) is 48.5 Å². The summed E-state index contributed by atoms with van der Waals surface area (Å²) < 4.78 is 0. The van der Waals surface area contributed by atoms with Gasteiger partial charge in [0.2, 0.25) is 11.8 Å². The smallest absolute Gasteiger partial charge is 0.269 e. The molecule has 2 aromatic carbocycles. The van der Waals surface area contributed by atoms with E-state index in [1.54, 1.807) is 29.2 Å². The Morgan fingerprint density at radius 2 is 1.69 bits per heavy atom. The minimum atomic E-state index is -0.519. The number of anilines is 1. The van der Waals surface area contributed by atoms with Crippen molar-refractivity contribution in [2.75, 3.05) is 11.4 Å². The van der Waals surface area contributed by atoms with E-state index in [0.717, 1.165) is 11.3 Å². The van der Waals surface area contributed by atoms with E-state index >= 15 is 0 Å². The summed E-state index contributed by atoms with van der Waals surface area (Å²) in [5, 5.41) is 0.520. The number of halogens is 1. The quantitative estimate of drug-likeness (QED) is 0.813. The SMILES string of the molecule is Cc1ccc(N2C[C@H](C(=O)NNC(=O)c3ccc(Cl)cc3)CC2=O)cc1. The van der Waals surface area contributed by atoms with Crippen LogP contribution in [0.1, 0.15) is 22.3 Å². The Balaban J connectivity index is 1.57. The zero-order valence-electron chi connectivity index (χ0n) is 14.2. The van der Waals surface area contributed by atoms with Crippen LogP contribution >= 0.6 is 11.6 Å². The summed E-state index contributed by atoms with van der Waals surface area (Å²) in [6, 6.07) is 13.8. The number of benzene rings is 2. The molecule has 0 bridgehead atoms. The largest absolute Gasteiger partial charge is 0.312 e. The Labute approximate surface area is 156 Å². The van der Waals surface area contributed by atoms with Crippen molar-refractivity contribution in [2.24, 2.45) is 5.92 Å². The first-order valence-electron chi connectivity index (χ1n) is 8.17. The molecule has 1 aliphatic heterocycles. The molecule has 3 amide bonds. The molecule has 2 aromatic rings. The van der Waals surface area contributed by atoms with Gasteiger partial charge in [-0.3, -0.25) is 25.2 Å². The summed E-state index contributed by atoms with van der Waals surface area (Å²) in [6.45, 7) is 2.25. The predicted molar refractivity (Wildman–Crippen MR) is 98.7 cm³/mol. The van der Waals surface area contributed by atoms with Gasteiger partial charge in [-0.2, -0.15) is 0 Å². The number of aryl methyl sites for hydroxylation is 1. The van der Waals surface area contributed by atoms with E-state index < -0.39 is 17.7 Å². The van der Waals surface area contributed by atoms with Gasteiger partial charge >= 0.3 is 0 Å². The number of nitrogens with one attached hydrogen (secondary N) is 2. The molecule has 7 heteroatoms. The molecule has 1 heterocycles. The van der Waals surface area contributed by atoms with Crippen LogP contribution in [-0.4, -0.2) is 24.3 Å². The molecule has 0 aliphatic carbocycles. The lowest BCUT2D eigenvalue weighted by atomic mass is 10.1. The van der Waals surface area contributed by atoms with Gasteiger partial charge in [0.25, 0.3) is 5.91 Å². The van der Waals surface area contributed by atoms with Crippen LogP contribution in [-0.2, 0) is 9.59 Å². The molecular weight excluding hydrogens is 354 g/mol. The molecule has 3 rings (SSSR count). The van der Waals surface area contributed by atoms with Crippen molar-refractivity contribution in [3.63, 3.8) is 0 Å². The molecule has 0 aromatic heterocycles. The van der Waals surface area contributed by atoms with Gasteiger partial charge in [0.15, 0.2) is 0 Å². The van der Waals surface area contributed by atoms with E-state index in [1.807, 2.05) is 31.2 Å². The number of carbonyl (C=O) groups is 3. The van der Waals surface area contributed by atoms with Crippen molar-refractivity contribution < 1.29 is 14.4 Å². The summed E-state index contributed by atoms with van der Waals surface area (Å²) in [6.07, 6.45) is 0.108. The molecule has 0 saturated carbocycles. The molecule has 6 nitrogen and oxygen atoms in total. The summed E-state index contributed by atoms with van der Waals surface area (Å²) in [5.41, 5.74) is 6.98. The second kappa shape index (κ2) is 7.58. The Morgan fingerprint density at radius 3 is 2.35 bits per heavy atom. The average molecular weight is 372 g/mol. The van der Waals surface area contributed by atoms with E-state index in [1.165, 1.54) is 0 Å². The van der Waals surface area contributed by atoms with Crippen LogP contribution in [0, 0.1) is 12.8 Å². The van der Waals surface area contributed by atoms with Gasteiger partial charge in [-0.25, -0.2) is 0 Å². The van der Waals surface area contributed by atoms with Gasteiger partial charge in [-0.05, 0) is 43.3 Å². The van der Waals surface area contributed by atoms with Crippen LogP contribution in [0.3, 0.4) is 0 Å². The van der Waals surface area contributed by atoms with E-state index in [2.05, 4.69) is 10.9 Å². The van der Waals surface area contributed by atoms with E-state index in [9.17, 15) is 14.4 Å². The molecule has 134 valence electrons. The van der Waals surface area contributed by atoms with Gasteiger partial charge in [-0.15, -0.1) is 0 Å². The molecule has 2 N–H and O–H groups in total. The van der Waals surface area contributed by atoms with Gasteiger partial charge < -0.3 is 4.90 Å². The third-order valence-electron chi connectivity index (χ3n) is 4.25. The standard InChI is InChI=1S/C19H18ClN3O3/c1-12-2-8-16(9-3-12)23-11-14(10-17(23)24)19(26)22-21-18(25)13-4-6-15(20)7-5-13/h2-9,14H,10-11H2,1H3,(H,21,25)(H,22,26)/t14-/m1/s1. The van der Waals surface area contributed by atoms with Crippen LogP contribution in [0.5, 0.6) is 0 Å². The van der Waals surface area contributed by atoms with Gasteiger partial charge in [-0.1, -0.05) is 29.3 Å². The lowest BCUT2D eigenvalue weighted by Crippen LogP contribution is -2.45. The highest BCUT2D eigenvalue weighted by Crippen LogP contribution is 2.25. The van der Waals surface area contributed by atoms with E-state index in [4.69, 9.17) is 11.6 Å². The van der Waals surface area contributed by atoms with Gasteiger partial charge in [0, 0.05) is 29.2 Å². The molecule has 1 fully saturated rings. The number of hydrogen-bond donors (Lipinski definition) is 2. The fourth-order valence-electron chi connectivity index (χ4n) is 2.75. The topological polar surface area (TPSA) is 78.5 Å². The van der Waals surface area contributed by atoms with Crippen molar-refractivity contribution in [1.82, 2.24) is 10.9 Å². The molecular formula is C19H18ClN3O3. The zero-order chi connectivity index (χ0) is 18.7. The number of amides is 3. The molecule has 1 aliphatic rings. The van der Waals surface area contributed by atoms with Crippen LogP contribution in [0.4, 0.5) is 5.69 Å². The number of hydrazine groups is 1. The second-order valence-electron chi connectivity index (χ2n) is 6.19. The number of carbonyl (C=O) groups excluding carboxylic acids is 3.